The molecule has 0 spiro atoms. The van der Waals surface area contributed by atoms with Gasteiger partial charge in [0, 0.05) is 5.38 Å². The number of nitrogens with one attached hydrogen (secondary N) is 2. The number of hydrogen-bond acceptors (Lipinski definition) is 5. The fourth-order valence-electron chi connectivity index (χ4n) is 1.27. The van der Waals surface area contributed by atoms with Crippen molar-refractivity contribution in [2.45, 2.75) is 6.18 Å². The van der Waals surface area contributed by atoms with E-state index in [1.807, 2.05) is 0 Å². The second-order valence-electron chi connectivity index (χ2n) is 3.80. The van der Waals surface area contributed by atoms with Crippen LogP contribution >= 0.6 is 11.3 Å². The Morgan fingerprint density at radius 3 is 2.71 bits per heavy atom. The first kappa shape index (κ1) is 15.0. The third-order valence-corrected chi connectivity index (χ3v) is 2.87. The number of thiophene rings is 1. The van der Waals surface area contributed by atoms with Crippen LogP contribution in [0.2, 0.25) is 0 Å². The minimum atomic E-state index is -4.52. The summed E-state index contributed by atoms with van der Waals surface area (Å²) in [5.74, 6) is -1.55. The average Bonchev–Trinajstić information content (AvgIpc) is 3.05. The Balaban J connectivity index is 1.95. The summed E-state index contributed by atoms with van der Waals surface area (Å²) >= 11 is 1.31. The maximum absolute atomic E-state index is 12.0. The molecule has 0 aliphatic carbocycles. The summed E-state index contributed by atoms with van der Waals surface area (Å²) in [5, 5.41) is 7.20. The van der Waals surface area contributed by atoms with E-state index in [9.17, 15) is 22.8 Å². The fraction of sp³-hybridized carbons (Fsp3) is 0.182. The van der Waals surface area contributed by atoms with Crippen molar-refractivity contribution in [3.63, 3.8) is 0 Å². The van der Waals surface area contributed by atoms with Gasteiger partial charge in [-0.05, 0) is 11.4 Å². The van der Waals surface area contributed by atoms with Crippen LogP contribution in [0.15, 0.2) is 27.5 Å². The SMILES string of the molecule is O=C(Nc1nc(C(=O)NCC(F)(F)F)co1)c1ccsc1. The van der Waals surface area contributed by atoms with E-state index in [-0.39, 0.29) is 11.7 Å². The van der Waals surface area contributed by atoms with Crippen LogP contribution in [-0.2, 0) is 0 Å². The zero-order valence-corrected chi connectivity index (χ0v) is 11.0. The molecule has 0 bridgehead atoms. The van der Waals surface area contributed by atoms with E-state index in [0.717, 1.165) is 6.26 Å². The van der Waals surface area contributed by atoms with Gasteiger partial charge in [0.1, 0.15) is 12.8 Å². The molecule has 2 rings (SSSR count). The smallest absolute Gasteiger partial charge is 0.405 e. The molecule has 6 nitrogen and oxygen atoms in total. The molecule has 2 heterocycles. The summed E-state index contributed by atoms with van der Waals surface area (Å²) < 4.78 is 40.7. The number of halogens is 3. The largest absolute Gasteiger partial charge is 0.431 e. The molecule has 2 N–H and O–H groups in total. The number of anilines is 1. The number of rotatable bonds is 4. The molecule has 21 heavy (non-hydrogen) atoms. The molecule has 0 unspecified atom stereocenters. The number of carbonyl (C=O) groups excluding carboxylic acids is 2. The highest BCUT2D eigenvalue weighted by Gasteiger charge is 2.28. The molecular formula is C11H8F3N3O3S. The summed E-state index contributed by atoms with van der Waals surface area (Å²) in [5.41, 5.74) is 0.0149. The Kier molecular flexibility index (Phi) is 4.26. The van der Waals surface area contributed by atoms with Gasteiger partial charge in [-0.1, -0.05) is 0 Å². The van der Waals surface area contributed by atoms with Crippen molar-refractivity contribution in [3.8, 4) is 0 Å². The van der Waals surface area contributed by atoms with Crippen molar-refractivity contribution < 1.29 is 27.2 Å². The quantitative estimate of drug-likeness (QED) is 0.905. The molecule has 0 aliphatic heterocycles. The first-order valence-electron chi connectivity index (χ1n) is 5.49. The topological polar surface area (TPSA) is 84.2 Å². The summed E-state index contributed by atoms with van der Waals surface area (Å²) in [6.07, 6.45) is -3.66. The predicted octanol–water partition coefficient (Wildman–Crippen LogP) is 2.28. The molecule has 112 valence electrons. The highest BCUT2D eigenvalue weighted by atomic mass is 32.1. The van der Waals surface area contributed by atoms with Crippen molar-refractivity contribution in [2.75, 3.05) is 11.9 Å². The summed E-state index contributed by atoms with van der Waals surface area (Å²) in [6.45, 7) is -1.48. The third kappa shape index (κ3) is 4.31. The van der Waals surface area contributed by atoms with Crippen LogP contribution < -0.4 is 10.6 Å². The van der Waals surface area contributed by atoms with Crippen LogP contribution in [0.5, 0.6) is 0 Å². The van der Waals surface area contributed by atoms with Crippen molar-refractivity contribution in [1.82, 2.24) is 10.3 Å². The number of amides is 2. The maximum Gasteiger partial charge on any atom is 0.405 e. The molecule has 10 heteroatoms. The lowest BCUT2D eigenvalue weighted by Gasteiger charge is -2.06. The molecule has 0 saturated carbocycles. The van der Waals surface area contributed by atoms with Gasteiger partial charge in [-0.25, -0.2) is 0 Å². The minimum absolute atomic E-state index is 0.275. The lowest BCUT2D eigenvalue weighted by molar-refractivity contribution is -0.123. The summed E-state index contributed by atoms with van der Waals surface area (Å²) in [6, 6.07) is 1.29. The minimum Gasteiger partial charge on any atom is -0.431 e. The second kappa shape index (κ2) is 5.95. The Bertz CT molecular complexity index is 637. The number of aromatic nitrogens is 1. The lowest BCUT2D eigenvalue weighted by atomic mass is 10.3. The lowest BCUT2D eigenvalue weighted by Crippen LogP contribution is -2.33. The van der Waals surface area contributed by atoms with Crippen LogP contribution in [0.3, 0.4) is 0 Å². The highest BCUT2D eigenvalue weighted by molar-refractivity contribution is 7.08. The van der Waals surface area contributed by atoms with Crippen LogP contribution in [0, 0.1) is 0 Å². The molecular weight excluding hydrogens is 311 g/mol. The molecule has 2 aromatic rings. The van der Waals surface area contributed by atoms with E-state index in [0.29, 0.717) is 5.56 Å². The molecule has 2 aromatic heterocycles. The molecule has 0 fully saturated rings. The fourth-order valence-corrected chi connectivity index (χ4v) is 1.91. The Morgan fingerprint density at radius 2 is 2.10 bits per heavy atom. The number of nitrogens with zero attached hydrogens (tertiary/aromatic N) is 1. The van der Waals surface area contributed by atoms with Crippen LogP contribution in [-0.4, -0.2) is 29.5 Å². The Labute approximate surface area is 120 Å². The van der Waals surface area contributed by atoms with Gasteiger partial charge in [0.25, 0.3) is 11.8 Å². The molecule has 0 saturated heterocycles. The van der Waals surface area contributed by atoms with Crippen molar-refractivity contribution in [1.29, 1.82) is 0 Å². The third-order valence-electron chi connectivity index (χ3n) is 2.19. The molecule has 0 radical (unpaired) electrons. The maximum atomic E-state index is 12.0. The second-order valence-corrected chi connectivity index (χ2v) is 4.58. The summed E-state index contributed by atoms with van der Waals surface area (Å²) in [4.78, 5) is 26.6. The normalized spacial score (nSPS) is 11.2. The van der Waals surface area contributed by atoms with Crippen LogP contribution in [0.25, 0.3) is 0 Å². The zero-order valence-electron chi connectivity index (χ0n) is 10.2. The van der Waals surface area contributed by atoms with E-state index >= 15 is 0 Å². The monoisotopic (exact) mass is 319 g/mol. The van der Waals surface area contributed by atoms with E-state index < -0.39 is 24.5 Å². The molecule has 0 aliphatic rings. The van der Waals surface area contributed by atoms with E-state index in [1.165, 1.54) is 11.3 Å². The number of carbonyl (C=O) groups is 2. The van der Waals surface area contributed by atoms with Gasteiger partial charge in [-0.3, -0.25) is 14.9 Å². The van der Waals surface area contributed by atoms with Gasteiger partial charge in [-0.2, -0.15) is 29.5 Å². The van der Waals surface area contributed by atoms with Crippen molar-refractivity contribution in [3.05, 3.63) is 34.3 Å². The molecule has 0 aromatic carbocycles. The molecule has 2 amide bonds. The average molecular weight is 319 g/mol. The van der Waals surface area contributed by atoms with E-state index in [4.69, 9.17) is 4.42 Å². The number of alkyl halides is 3. The van der Waals surface area contributed by atoms with E-state index in [1.54, 1.807) is 22.1 Å². The first-order chi connectivity index (χ1) is 9.85. The molecule has 0 atom stereocenters. The van der Waals surface area contributed by atoms with Crippen LogP contribution in [0.4, 0.5) is 19.2 Å². The standard InChI is InChI=1S/C11H8F3N3O3S/c12-11(13,14)5-15-9(19)7-3-20-10(16-7)17-8(18)6-1-2-21-4-6/h1-4H,5H2,(H,15,19)(H,16,17,18). The van der Waals surface area contributed by atoms with Gasteiger partial charge in [-0.15, -0.1) is 0 Å². The summed E-state index contributed by atoms with van der Waals surface area (Å²) in [7, 11) is 0. The number of hydrogen-bond donors (Lipinski definition) is 2. The van der Waals surface area contributed by atoms with Crippen LogP contribution in [0.1, 0.15) is 20.8 Å². The van der Waals surface area contributed by atoms with Crippen molar-refractivity contribution in [2.24, 2.45) is 0 Å². The highest BCUT2D eigenvalue weighted by Crippen LogP contribution is 2.14. The van der Waals surface area contributed by atoms with Gasteiger partial charge >= 0.3 is 12.2 Å². The Morgan fingerprint density at radius 1 is 1.33 bits per heavy atom. The first-order valence-corrected chi connectivity index (χ1v) is 6.43. The predicted molar refractivity (Wildman–Crippen MR) is 67.2 cm³/mol. The van der Waals surface area contributed by atoms with Gasteiger partial charge in [0.15, 0.2) is 5.69 Å². The van der Waals surface area contributed by atoms with E-state index in [2.05, 4.69) is 10.3 Å². The van der Waals surface area contributed by atoms with Gasteiger partial charge in [0.05, 0.1) is 5.56 Å². The Hall–Kier alpha value is -2.36. The van der Waals surface area contributed by atoms with Gasteiger partial charge < -0.3 is 9.73 Å². The van der Waals surface area contributed by atoms with Gasteiger partial charge in [0.2, 0.25) is 0 Å². The number of oxazole rings is 1. The zero-order chi connectivity index (χ0) is 15.5. The van der Waals surface area contributed by atoms with Crippen molar-refractivity contribution >= 4 is 29.2 Å².